The third-order valence-electron chi connectivity index (χ3n) is 4.81. The van der Waals surface area contributed by atoms with E-state index in [2.05, 4.69) is 10.3 Å². The molecule has 0 aliphatic heterocycles. The molecule has 1 amide bonds. The lowest BCUT2D eigenvalue weighted by Crippen LogP contribution is -2.37. The molecule has 0 spiro atoms. The molecule has 0 aliphatic rings. The number of aromatic nitrogens is 2. The van der Waals surface area contributed by atoms with Gasteiger partial charge in [0, 0.05) is 18.9 Å². The monoisotopic (exact) mass is 377 g/mol. The standard InChI is InChI=1S/C23H27N3O2/c1-5-21(28-22-14-16(2)10-11-17(22)3)23(27)25-15-19-8-6-7-9-20(19)26-13-12-24-18(26)4/h6-14,21H,5,15H2,1-4H3,(H,25,27)/t21-/m0/s1. The molecule has 0 saturated heterocycles. The maximum Gasteiger partial charge on any atom is 0.261 e. The predicted octanol–water partition coefficient (Wildman–Crippen LogP) is 4.27. The van der Waals surface area contributed by atoms with Crippen LogP contribution in [0.5, 0.6) is 5.75 Å². The van der Waals surface area contributed by atoms with Crippen LogP contribution in [0.1, 0.15) is 35.9 Å². The highest BCUT2D eigenvalue weighted by Gasteiger charge is 2.19. The number of para-hydroxylation sites is 1. The number of rotatable bonds is 7. The van der Waals surface area contributed by atoms with Crippen LogP contribution in [0.2, 0.25) is 0 Å². The van der Waals surface area contributed by atoms with Crippen molar-refractivity contribution < 1.29 is 9.53 Å². The smallest absolute Gasteiger partial charge is 0.261 e. The Labute approximate surface area is 166 Å². The summed E-state index contributed by atoms with van der Waals surface area (Å²) in [6.07, 6.45) is 3.77. The minimum atomic E-state index is -0.525. The molecule has 146 valence electrons. The SMILES string of the molecule is CC[C@H](Oc1cc(C)ccc1C)C(=O)NCc1ccccc1-n1ccnc1C. The van der Waals surface area contributed by atoms with Gasteiger partial charge in [-0.2, -0.15) is 0 Å². The number of hydrogen-bond donors (Lipinski definition) is 1. The summed E-state index contributed by atoms with van der Waals surface area (Å²) < 4.78 is 8.04. The van der Waals surface area contributed by atoms with E-state index in [4.69, 9.17) is 4.74 Å². The lowest BCUT2D eigenvalue weighted by Gasteiger charge is -2.20. The third-order valence-corrected chi connectivity index (χ3v) is 4.81. The first-order valence-electron chi connectivity index (χ1n) is 9.59. The molecular formula is C23H27N3O2. The second-order valence-corrected chi connectivity index (χ2v) is 6.97. The van der Waals surface area contributed by atoms with Gasteiger partial charge in [-0.3, -0.25) is 4.79 Å². The molecule has 0 unspecified atom stereocenters. The van der Waals surface area contributed by atoms with Crippen LogP contribution in [0.15, 0.2) is 54.9 Å². The van der Waals surface area contributed by atoms with E-state index in [0.717, 1.165) is 34.0 Å². The Balaban J connectivity index is 1.71. The molecule has 5 heteroatoms. The van der Waals surface area contributed by atoms with E-state index >= 15 is 0 Å². The van der Waals surface area contributed by atoms with Crippen molar-refractivity contribution in [1.29, 1.82) is 0 Å². The van der Waals surface area contributed by atoms with Gasteiger partial charge in [-0.25, -0.2) is 4.98 Å². The van der Waals surface area contributed by atoms with Crippen molar-refractivity contribution in [2.24, 2.45) is 0 Å². The fourth-order valence-electron chi connectivity index (χ4n) is 3.13. The van der Waals surface area contributed by atoms with Gasteiger partial charge in [0.05, 0.1) is 5.69 Å². The van der Waals surface area contributed by atoms with Crippen LogP contribution in [0, 0.1) is 20.8 Å². The highest BCUT2D eigenvalue weighted by atomic mass is 16.5. The molecule has 3 rings (SSSR count). The molecule has 3 aromatic rings. The fraction of sp³-hybridized carbons (Fsp3) is 0.304. The van der Waals surface area contributed by atoms with E-state index in [0.29, 0.717) is 13.0 Å². The maximum atomic E-state index is 12.8. The number of aryl methyl sites for hydroxylation is 3. The number of carbonyl (C=O) groups excluding carboxylic acids is 1. The molecule has 0 fully saturated rings. The normalized spacial score (nSPS) is 11.9. The Bertz CT molecular complexity index is 962. The number of imidazole rings is 1. The van der Waals surface area contributed by atoms with Crippen LogP contribution < -0.4 is 10.1 Å². The summed E-state index contributed by atoms with van der Waals surface area (Å²) >= 11 is 0. The fourth-order valence-corrected chi connectivity index (χ4v) is 3.13. The Hall–Kier alpha value is -3.08. The average Bonchev–Trinajstić information content (AvgIpc) is 3.12. The highest BCUT2D eigenvalue weighted by molar-refractivity contribution is 5.81. The zero-order valence-corrected chi connectivity index (χ0v) is 16.9. The van der Waals surface area contributed by atoms with Crippen molar-refractivity contribution in [2.45, 2.75) is 46.8 Å². The minimum absolute atomic E-state index is 0.111. The van der Waals surface area contributed by atoms with E-state index in [-0.39, 0.29) is 5.91 Å². The van der Waals surface area contributed by atoms with Gasteiger partial charge < -0.3 is 14.6 Å². The van der Waals surface area contributed by atoms with Crippen molar-refractivity contribution in [2.75, 3.05) is 0 Å². The predicted molar refractivity (Wildman–Crippen MR) is 111 cm³/mol. The highest BCUT2D eigenvalue weighted by Crippen LogP contribution is 2.21. The number of ether oxygens (including phenoxy) is 1. The second kappa shape index (κ2) is 8.74. The Morgan fingerprint density at radius 2 is 1.96 bits per heavy atom. The van der Waals surface area contributed by atoms with E-state index in [1.54, 1.807) is 6.20 Å². The first-order chi connectivity index (χ1) is 13.5. The van der Waals surface area contributed by atoms with Gasteiger partial charge in [0.15, 0.2) is 6.10 Å². The molecule has 5 nitrogen and oxygen atoms in total. The van der Waals surface area contributed by atoms with Crippen LogP contribution in [-0.4, -0.2) is 21.6 Å². The van der Waals surface area contributed by atoms with Crippen LogP contribution in [0.3, 0.4) is 0 Å². The molecule has 0 bridgehead atoms. The summed E-state index contributed by atoms with van der Waals surface area (Å²) in [7, 11) is 0. The van der Waals surface area contributed by atoms with Crippen molar-refractivity contribution in [3.05, 3.63) is 77.4 Å². The molecule has 1 heterocycles. The van der Waals surface area contributed by atoms with E-state index in [1.165, 1.54) is 0 Å². The Morgan fingerprint density at radius 1 is 1.18 bits per heavy atom. The number of nitrogens with one attached hydrogen (secondary N) is 1. The van der Waals surface area contributed by atoms with E-state index in [9.17, 15) is 4.79 Å². The van der Waals surface area contributed by atoms with Crippen LogP contribution in [0.4, 0.5) is 0 Å². The zero-order chi connectivity index (χ0) is 20.1. The quantitative estimate of drug-likeness (QED) is 0.669. The molecule has 0 saturated carbocycles. The van der Waals surface area contributed by atoms with Crippen molar-refractivity contribution in [3.8, 4) is 11.4 Å². The molecule has 28 heavy (non-hydrogen) atoms. The molecule has 1 aromatic heterocycles. The number of benzene rings is 2. The van der Waals surface area contributed by atoms with E-state index in [1.807, 2.05) is 80.9 Å². The average molecular weight is 377 g/mol. The maximum absolute atomic E-state index is 12.8. The molecule has 2 aromatic carbocycles. The lowest BCUT2D eigenvalue weighted by molar-refractivity contribution is -0.128. The number of carbonyl (C=O) groups is 1. The van der Waals surface area contributed by atoms with Gasteiger partial charge in [0.2, 0.25) is 0 Å². The number of nitrogens with zero attached hydrogens (tertiary/aromatic N) is 2. The minimum Gasteiger partial charge on any atom is -0.480 e. The number of amides is 1. The van der Waals surface area contributed by atoms with Crippen LogP contribution >= 0.6 is 0 Å². The van der Waals surface area contributed by atoms with E-state index < -0.39 is 6.10 Å². The molecular weight excluding hydrogens is 350 g/mol. The summed E-state index contributed by atoms with van der Waals surface area (Å²) in [5.74, 6) is 1.56. The Morgan fingerprint density at radius 3 is 2.68 bits per heavy atom. The summed E-state index contributed by atoms with van der Waals surface area (Å²) in [6, 6.07) is 14.0. The molecule has 0 radical (unpaired) electrons. The van der Waals surface area contributed by atoms with Gasteiger partial charge in [0.25, 0.3) is 5.91 Å². The van der Waals surface area contributed by atoms with Crippen molar-refractivity contribution in [3.63, 3.8) is 0 Å². The lowest BCUT2D eigenvalue weighted by atomic mass is 10.1. The first-order valence-corrected chi connectivity index (χ1v) is 9.59. The van der Waals surface area contributed by atoms with Crippen LogP contribution in [-0.2, 0) is 11.3 Å². The van der Waals surface area contributed by atoms with Gasteiger partial charge in [-0.1, -0.05) is 37.3 Å². The largest absolute Gasteiger partial charge is 0.480 e. The first kappa shape index (κ1) is 19.7. The van der Waals surface area contributed by atoms with Gasteiger partial charge in [-0.05, 0) is 56.0 Å². The van der Waals surface area contributed by atoms with Gasteiger partial charge in [-0.15, -0.1) is 0 Å². The van der Waals surface area contributed by atoms with Gasteiger partial charge >= 0.3 is 0 Å². The molecule has 1 atom stereocenters. The Kier molecular flexibility index (Phi) is 6.14. The van der Waals surface area contributed by atoms with Crippen LogP contribution in [0.25, 0.3) is 5.69 Å². The van der Waals surface area contributed by atoms with Gasteiger partial charge in [0.1, 0.15) is 11.6 Å². The third kappa shape index (κ3) is 4.42. The molecule has 0 aliphatic carbocycles. The summed E-state index contributed by atoms with van der Waals surface area (Å²) in [5, 5.41) is 3.03. The zero-order valence-electron chi connectivity index (χ0n) is 16.9. The summed E-state index contributed by atoms with van der Waals surface area (Å²) in [6.45, 7) is 8.35. The number of hydrogen-bond acceptors (Lipinski definition) is 3. The van der Waals surface area contributed by atoms with Crippen molar-refractivity contribution >= 4 is 5.91 Å². The molecule has 1 N–H and O–H groups in total. The summed E-state index contributed by atoms with van der Waals surface area (Å²) in [4.78, 5) is 17.0. The summed E-state index contributed by atoms with van der Waals surface area (Å²) in [5.41, 5.74) is 4.18. The second-order valence-electron chi connectivity index (χ2n) is 6.97. The topological polar surface area (TPSA) is 56.1 Å². The van der Waals surface area contributed by atoms with Crippen molar-refractivity contribution in [1.82, 2.24) is 14.9 Å².